The molecule has 22 nitrogen and oxygen atoms in total. The van der Waals surface area contributed by atoms with E-state index in [1.54, 1.807) is 0 Å². The van der Waals surface area contributed by atoms with E-state index in [4.69, 9.17) is 47.4 Å². The van der Waals surface area contributed by atoms with Crippen LogP contribution in [0.1, 0.15) is 97.8 Å². The van der Waals surface area contributed by atoms with E-state index >= 15 is 0 Å². The molecule has 2 aromatic carbocycles. The van der Waals surface area contributed by atoms with Crippen molar-refractivity contribution in [2.75, 3.05) is 53.7 Å². The number of rotatable bonds is 26. The molecule has 0 radical (unpaired) electrons. The average molecular weight is 1010 g/mol. The molecule has 3 N–H and O–H groups in total. The van der Waals surface area contributed by atoms with Gasteiger partial charge < -0.3 is 63.1 Å². The molecular weight excluding hydrogens is 949 g/mol. The molecule has 2 aliphatic rings. The predicted octanol–water partition coefficient (Wildman–Crippen LogP) is 5.46. The normalized spacial score (nSPS) is 17.5. The smallest absolute Gasteiger partial charge is 0.412 e. The zero-order chi connectivity index (χ0) is 52.4. The van der Waals surface area contributed by atoms with Crippen molar-refractivity contribution in [3.63, 3.8) is 0 Å². The molecule has 4 rings (SSSR count). The van der Waals surface area contributed by atoms with Gasteiger partial charge in [-0.2, -0.15) is 0 Å². The van der Waals surface area contributed by atoms with Gasteiger partial charge in [-0.25, -0.2) is 28.8 Å². The highest BCUT2D eigenvalue weighted by atomic mass is 16.6. The first kappa shape index (κ1) is 57.3. The van der Waals surface area contributed by atoms with Gasteiger partial charge in [0.25, 0.3) is 0 Å². The average Bonchev–Trinajstić information content (AvgIpc) is 3.39. The minimum Gasteiger partial charge on any atom is -0.465 e. The van der Waals surface area contributed by atoms with Crippen molar-refractivity contribution >= 4 is 54.0 Å². The van der Waals surface area contributed by atoms with E-state index < -0.39 is 66.1 Å². The standard InChI is InChI=1S/C50H62N2O20/c1-5-41(53)65-25-7-9-27-67-43(55)31-11-15-33(16-12-31)45(57)71-39-21-19-35(29-37(39)47(59)63-3)69-49(61)51-23-24-52-50(62)70-36-20-22-40(38(30-36)48(60)64-4)72-46(58)34-17-13-32(14-18-34)44(56)68-28-10-8-26-66-42(54)6-2/h5-6,19-22,29-34,43,55H,1-2,7-18,23-28H2,3-4H3,(H,51,61)(H,52,62). The van der Waals surface area contributed by atoms with Gasteiger partial charge in [0, 0.05) is 37.8 Å². The number of aliphatic hydroxyl groups is 1. The third-order valence-electron chi connectivity index (χ3n) is 11.6. The van der Waals surface area contributed by atoms with E-state index in [0.29, 0.717) is 77.0 Å². The molecule has 0 aromatic heterocycles. The van der Waals surface area contributed by atoms with E-state index in [1.807, 2.05) is 0 Å². The van der Waals surface area contributed by atoms with Gasteiger partial charge in [-0.3, -0.25) is 14.4 Å². The third kappa shape index (κ3) is 19.1. The number of unbranched alkanes of at least 4 members (excludes halogenated alkanes) is 2. The van der Waals surface area contributed by atoms with Gasteiger partial charge in [0.15, 0.2) is 6.29 Å². The van der Waals surface area contributed by atoms with Crippen molar-refractivity contribution in [3.8, 4) is 23.0 Å². The minimum atomic E-state index is -1.02. The summed E-state index contributed by atoms with van der Waals surface area (Å²) in [5.41, 5.74) is -0.383. The topological polar surface area (TPSA) is 290 Å². The molecule has 1 unspecified atom stereocenters. The first-order chi connectivity index (χ1) is 34.6. The molecular formula is C50H62N2O20. The van der Waals surface area contributed by atoms with Crippen molar-refractivity contribution in [3.05, 3.63) is 72.8 Å². The molecule has 22 heteroatoms. The number of esters is 7. The maximum atomic E-state index is 13.1. The number of ether oxygens (including phenoxy) is 10. The SMILES string of the molecule is C=CC(=O)OCCCCOC(=O)C1CCC(C(=O)Oc2ccc(OC(=O)NCCNC(=O)Oc3ccc(OC(=O)C4CCC(C(O)OCCCCOC(=O)C=C)CC4)c(C(=O)OC)c3)cc2C(=O)OC)CC1. The summed E-state index contributed by atoms with van der Waals surface area (Å²) in [6.07, 6.45) is 4.63. The lowest BCUT2D eigenvalue weighted by atomic mass is 9.81. The lowest BCUT2D eigenvalue weighted by molar-refractivity contribution is -0.152. The van der Waals surface area contributed by atoms with Crippen molar-refractivity contribution in [2.24, 2.45) is 23.7 Å². The molecule has 0 heterocycles. The van der Waals surface area contributed by atoms with Gasteiger partial charge in [-0.05, 0) is 113 Å². The van der Waals surface area contributed by atoms with Crippen LogP contribution in [0.15, 0.2) is 61.7 Å². The van der Waals surface area contributed by atoms with Crippen molar-refractivity contribution in [1.82, 2.24) is 10.6 Å². The third-order valence-corrected chi connectivity index (χ3v) is 11.6. The first-order valence-corrected chi connectivity index (χ1v) is 23.5. The number of amides is 2. The molecule has 0 bridgehead atoms. The number of carbonyl (C=O) groups is 9. The van der Waals surface area contributed by atoms with Crippen LogP contribution >= 0.6 is 0 Å². The second-order valence-electron chi connectivity index (χ2n) is 16.5. The lowest BCUT2D eigenvalue weighted by Crippen LogP contribution is -2.37. The molecule has 0 saturated heterocycles. The molecule has 2 aliphatic carbocycles. The van der Waals surface area contributed by atoms with Crippen LogP contribution in [-0.2, 0) is 52.4 Å². The summed E-state index contributed by atoms with van der Waals surface area (Å²) in [7, 11) is 2.25. The van der Waals surface area contributed by atoms with Crippen molar-refractivity contribution < 1.29 is 95.6 Å². The summed E-state index contributed by atoms with van der Waals surface area (Å²) in [6.45, 7) is 7.20. The first-order valence-electron chi connectivity index (χ1n) is 23.5. The lowest BCUT2D eigenvalue weighted by Gasteiger charge is -2.30. The molecule has 2 aromatic rings. The van der Waals surface area contributed by atoms with E-state index in [0.717, 1.165) is 32.4 Å². The number of carbonyl (C=O) groups excluding carboxylic acids is 9. The van der Waals surface area contributed by atoms with Crippen LogP contribution in [0.4, 0.5) is 9.59 Å². The monoisotopic (exact) mass is 1010 g/mol. The predicted molar refractivity (Wildman–Crippen MR) is 249 cm³/mol. The maximum absolute atomic E-state index is 13.1. The molecule has 1 atom stereocenters. The Kier molecular flexibility index (Phi) is 24.2. The van der Waals surface area contributed by atoms with E-state index in [9.17, 15) is 48.3 Å². The van der Waals surface area contributed by atoms with Gasteiger partial charge in [-0.1, -0.05) is 13.2 Å². The largest absolute Gasteiger partial charge is 0.465 e. The number of nitrogens with one attached hydrogen (secondary N) is 2. The van der Waals surface area contributed by atoms with Gasteiger partial charge in [0.1, 0.15) is 34.1 Å². The Balaban J connectivity index is 1.17. The minimum absolute atomic E-state index is 0.0940. The zero-order valence-electron chi connectivity index (χ0n) is 40.4. The number of methoxy groups -OCH3 is 2. The van der Waals surface area contributed by atoms with Crippen LogP contribution in [0.25, 0.3) is 0 Å². The number of hydrogen-bond donors (Lipinski definition) is 3. The molecule has 2 saturated carbocycles. The van der Waals surface area contributed by atoms with E-state index in [2.05, 4.69) is 23.8 Å². The molecule has 2 amide bonds. The summed E-state index contributed by atoms with van der Waals surface area (Å²) in [6, 6.07) is 7.47. The second-order valence-corrected chi connectivity index (χ2v) is 16.5. The summed E-state index contributed by atoms with van der Waals surface area (Å²) >= 11 is 0. The fraction of sp³-hybridized carbons (Fsp3) is 0.500. The van der Waals surface area contributed by atoms with Gasteiger partial charge >= 0.3 is 54.0 Å². The highest BCUT2D eigenvalue weighted by molar-refractivity contribution is 5.95. The van der Waals surface area contributed by atoms with Crippen molar-refractivity contribution in [2.45, 2.75) is 83.3 Å². The summed E-state index contributed by atoms with van der Waals surface area (Å²) < 4.78 is 52.1. The van der Waals surface area contributed by atoms with Crippen LogP contribution in [-0.4, -0.2) is 119 Å². The van der Waals surface area contributed by atoms with E-state index in [-0.39, 0.29) is 91.4 Å². The van der Waals surface area contributed by atoms with Crippen LogP contribution in [0.2, 0.25) is 0 Å². The Bertz CT molecular complexity index is 2230. The van der Waals surface area contributed by atoms with Crippen LogP contribution in [0.3, 0.4) is 0 Å². The van der Waals surface area contributed by atoms with Crippen molar-refractivity contribution in [1.29, 1.82) is 0 Å². The summed E-state index contributed by atoms with van der Waals surface area (Å²) in [5.74, 6) is -6.45. The fourth-order valence-corrected chi connectivity index (χ4v) is 7.57. The molecule has 0 spiro atoms. The van der Waals surface area contributed by atoms with Gasteiger partial charge in [0.05, 0.1) is 51.8 Å². The number of benzene rings is 2. The summed E-state index contributed by atoms with van der Waals surface area (Å²) in [5, 5.41) is 15.3. The molecule has 2 fully saturated rings. The second kappa shape index (κ2) is 30.4. The summed E-state index contributed by atoms with van der Waals surface area (Å²) in [4.78, 5) is 112. The van der Waals surface area contributed by atoms with Gasteiger partial charge in [-0.15, -0.1) is 0 Å². The number of aliphatic hydroxyl groups excluding tert-OH is 1. The van der Waals surface area contributed by atoms with Crippen LogP contribution in [0, 0.1) is 23.7 Å². The number of hydrogen-bond acceptors (Lipinski definition) is 20. The molecule has 0 aliphatic heterocycles. The Morgan fingerprint density at radius 1 is 0.556 bits per heavy atom. The van der Waals surface area contributed by atoms with E-state index in [1.165, 1.54) is 30.3 Å². The Morgan fingerprint density at radius 2 is 0.944 bits per heavy atom. The fourth-order valence-electron chi connectivity index (χ4n) is 7.57. The van der Waals surface area contributed by atoms with Gasteiger partial charge in [0.2, 0.25) is 0 Å². The highest BCUT2D eigenvalue weighted by Gasteiger charge is 2.34. The molecule has 72 heavy (non-hydrogen) atoms. The zero-order valence-corrected chi connectivity index (χ0v) is 40.4. The highest BCUT2D eigenvalue weighted by Crippen LogP contribution is 2.35. The van der Waals surface area contributed by atoms with Crippen LogP contribution in [0.5, 0.6) is 23.0 Å². The maximum Gasteiger partial charge on any atom is 0.412 e. The van der Waals surface area contributed by atoms with Crippen LogP contribution < -0.4 is 29.6 Å². The Morgan fingerprint density at radius 3 is 1.36 bits per heavy atom. The molecule has 392 valence electrons. The Labute approximate surface area is 415 Å². The quantitative estimate of drug-likeness (QED) is 0.0263. The Hall–Kier alpha value is -7.33.